The van der Waals surface area contributed by atoms with E-state index < -0.39 is 11.4 Å². The molecule has 0 spiro atoms. The van der Waals surface area contributed by atoms with Gasteiger partial charge in [-0.25, -0.2) is 14.2 Å². The van der Waals surface area contributed by atoms with Gasteiger partial charge >= 0.3 is 6.09 Å². The van der Waals surface area contributed by atoms with Gasteiger partial charge in [-0.05, 0) is 64.0 Å². The molecule has 1 aliphatic heterocycles. The number of carbonyl (C=O) groups excluding carboxylic acids is 1. The zero-order valence-electron chi connectivity index (χ0n) is 16.7. The zero-order chi connectivity index (χ0) is 21.0. The van der Waals surface area contributed by atoms with E-state index in [1.165, 1.54) is 17.7 Å². The molecule has 1 aromatic carbocycles. The maximum absolute atomic E-state index is 13.9. The molecule has 2 aromatic rings. The van der Waals surface area contributed by atoms with Gasteiger partial charge in [0.15, 0.2) is 11.6 Å². The van der Waals surface area contributed by atoms with Crippen LogP contribution in [0.5, 0.6) is 11.6 Å². The number of halogens is 2. The van der Waals surface area contributed by atoms with Gasteiger partial charge in [-0.1, -0.05) is 23.2 Å². The van der Waals surface area contributed by atoms with Crippen LogP contribution in [0.15, 0.2) is 42.0 Å². The van der Waals surface area contributed by atoms with Gasteiger partial charge < -0.3 is 14.4 Å². The molecule has 2 heterocycles. The Hall–Kier alpha value is -2.60. The van der Waals surface area contributed by atoms with Crippen molar-refractivity contribution in [2.24, 2.45) is 0 Å². The molecule has 1 saturated heterocycles. The summed E-state index contributed by atoms with van der Waals surface area (Å²) in [6.45, 7) is 6.78. The molecular formula is C22H24ClFN2O3. The molecule has 0 radical (unpaired) electrons. The van der Waals surface area contributed by atoms with E-state index in [0.29, 0.717) is 24.0 Å². The molecule has 1 amide bonds. The van der Waals surface area contributed by atoms with Crippen LogP contribution in [-0.4, -0.2) is 34.7 Å². The van der Waals surface area contributed by atoms with Crippen LogP contribution in [0.2, 0.25) is 5.02 Å². The molecule has 7 heteroatoms. The number of benzene rings is 1. The predicted molar refractivity (Wildman–Crippen MR) is 111 cm³/mol. The smallest absolute Gasteiger partial charge is 0.410 e. The Morgan fingerprint density at radius 3 is 2.59 bits per heavy atom. The lowest BCUT2D eigenvalue weighted by Crippen LogP contribution is -2.40. The Morgan fingerprint density at radius 2 is 1.93 bits per heavy atom. The fourth-order valence-electron chi connectivity index (χ4n) is 2.90. The van der Waals surface area contributed by atoms with Gasteiger partial charge in [0.05, 0.1) is 5.69 Å². The van der Waals surface area contributed by atoms with E-state index >= 15 is 0 Å². The van der Waals surface area contributed by atoms with Crippen LogP contribution >= 0.6 is 11.6 Å². The molecule has 29 heavy (non-hydrogen) atoms. The largest absolute Gasteiger partial charge is 0.444 e. The van der Waals surface area contributed by atoms with Crippen molar-refractivity contribution in [2.75, 3.05) is 13.1 Å². The molecule has 0 aliphatic carbocycles. The standard InChI is InChI=1S/C22H24ClFN2O3/c1-22(2,3)29-21(27)26-11-9-15(10-12-26)13-17-5-4-6-20(25-17)28-19-8-7-16(23)14-18(19)24/h4-8,13-14H,9-12H2,1-3H3. The van der Waals surface area contributed by atoms with Crippen molar-refractivity contribution in [1.29, 1.82) is 0 Å². The molecule has 5 nitrogen and oxygen atoms in total. The Labute approximate surface area is 175 Å². The van der Waals surface area contributed by atoms with Crippen LogP contribution in [-0.2, 0) is 4.74 Å². The summed E-state index contributed by atoms with van der Waals surface area (Å²) in [5, 5.41) is 0.305. The van der Waals surface area contributed by atoms with Crippen molar-refractivity contribution in [3.63, 3.8) is 0 Å². The number of hydrogen-bond donors (Lipinski definition) is 0. The number of aromatic nitrogens is 1. The maximum atomic E-state index is 13.9. The van der Waals surface area contributed by atoms with Crippen molar-refractivity contribution in [3.8, 4) is 11.6 Å². The van der Waals surface area contributed by atoms with Crippen molar-refractivity contribution in [2.45, 2.75) is 39.2 Å². The summed E-state index contributed by atoms with van der Waals surface area (Å²) in [6.07, 6.45) is 3.20. The lowest BCUT2D eigenvalue weighted by molar-refractivity contribution is 0.0237. The molecule has 1 aromatic heterocycles. The predicted octanol–water partition coefficient (Wildman–Crippen LogP) is 6.08. The van der Waals surface area contributed by atoms with E-state index in [2.05, 4.69) is 4.98 Å². The number of rotatable bonds is 3. The summed E-state index contributed by atoms with van der Waals surface area (Å²) >= 11 is 5.76. The monoisotopic (exact) mass is 418 g/mol. The number of pyridine rings is 1. The Bertz CT molecular complexity index is 915. The molecule has 1 fully saturated rings. The summed E-state index contributed by atoms with van der Waals surface area (Å²) in [4.78, 5) is 18.3. The molecule has 1 aliphatic rings. The van der Waals surface area contributed by atoms with Crippen LogP contribution < -0.4 is 4.74 Å². The van der Waals surface area contributed by atoms with Gasteiger partial charge in [-0.15, -0.1) is 0 Å². The fraction of sp³-hybridized carbons (Fsp3) is 0.364. The number of piperidine rings is 1. The highest BCUT2D eigenvalue weighted by Crippen LogP contribution is 2.26. The molecule has 154 valence electrons. The number of likely N-dealkylation sites (tertiary alicyclic amines) is 1. The van der Waals surface area contributed by atoms with Gasteiger partial charge in [0.2, 0.25) is 5.88 Å². The van der Waals surface area contributed by atoms with Crippen LogP contribution in [0.1, 0.15) is 39.3 Å². The van der Waals surface area contributed by atoms with Crippen LogP contribution in [0, 0.1) is 5.82 Å². The fourth-order valence-corrected chi connectivity index (χ4v) is 3.05. The quantitative estimate of drug-likeness (QED) is 0.606. The zero-order valence-corrected chi connectivity index (χ0v) is 17.5. The molecule has 3 rings (SSSR count). The summed E-state index contributed by atoms with van der Waals surface area (Å²) in [5.41, 5.74) is 1.41. The van der Waals surface area contributed by atoms with Crippen LogP contribution in [0.3, 0.4) is 0 Å². The second kappa shape index (κ2) is 8.82. The highest BCUT2D eigenvalue weighted by atomic mass is 35.5. The van der Waals surface area contributed by atoms with E-state index in [1.54, 1.807) is 23.1 Å². The Balaban J connectivity index is 1.63. The van der Waals surface area contributed by atoms with Crippen LogP contribution in [0.25, 0.3) is 6.08 Å². The topological polar surface area (TPSA) is 51.7 Å². The molecule has 0 atom stereocenters. The first-order chi connectivity index (χ1) is 13.7. The molecule has 0 N–H and O–H groups in total. The number of ether oxygens (including phenoxy) is 2. The summed E-state index contributed by atoms with van der Waals surface area (Å²) in [6, 6.07) is 9.56. The SMILES string of the molecule is CC(C)(C)OC(=O)N1CCC(=Cc2cccc(Oc3ccc(Cl)cc3F)n2)CC1. The maximum Gasteiger partial charge on any atom is 0.410 e. The third kappa shape index (κ3) is 6.19. The minimum Gasteiger partial charge on any atom is -0.444 e. The van der Waals surface area contributed by atoms with E-state index in [4.69, 9.17) is 21.1 Å². The average Bonchev–Trinajstić information content (AvgIpc) is 2.64. The third-order valence-corrected chi connectivity index (χ3v) is 4.50. The van der Waals surface area contributed by atoms with Gasteiger partial charge in [0.25, 0.3) is 0 Å². The van der Waals surface area contributed by atoms with Crippen molar-refractivity contribution < 1.29 is 18.7 Å². The summed E-state index contributed by atoms with van der Waals surface area (Å²) in [7, 11) is 0. The van der Waals surface area contributed by atoms with Crippen molar-refractivity contribution in [1.82, 2.24) is 9.88 Å². The molecule has 0 bridgehead atoms. The number of amides is 1. The number of carbonyl (C=O) groups is 1. The third-order valence-electron chi connectivity index (χ3n) is 4.26. The lowest BCUT2D eigenvalue weighted by atomic mass is 10.0. The normalized spacial score (nSPS) is 14.5. The van der Waals surface area contributed by atoms with Gasteiger partial charge in [0, 0.05) is 24.2 Å². The summed E-state index contributed by atoms with van der Waals surface area (Å²) in [5.74, 6) is -0.179. The van der Waals surface area contributed by atoms with E-state index in [9.17, 15) is 9.18 Å². The molecular weight excluding hydrogens is 395 g/mol. The minimum atomic E-state index is -0.544. The first-order valence-electron chi connectivity index (χ1n) is 9.47. The second-order valence-corrected chi connectivity index (χ2v) is 8.28. The van der Waals surface area contributed by atoms with Gasteiger partial charge in [-0.2, -0.15) is 0 Å². The second-order valence-electron chi connectivity index (χ2n) is 7.85. The molecule has 0 unspecified atom stereocenters. The summed E-state index contributed by atoms with van der Waals surface area (Å²) < 4.78 is 24.9. The van der Waals surface area contributed by atoms with Crippen LogP contribution in [0.4, 0.5) is 9.18 Å². The Kier molecular flexibility index (Phi) is 6.42. The highest BCUT2D eigenvalue weighted by molar-refractivity contribution is 6.30. The average molecular weight is 419 g/mol. The van der Waals surface area contributed by atoms with E-state index in [-0.39, 0.29) is 11.8 Å². The minimum absolute atomic E-state index is 0.0670. The molecule has 0 saturated carbocycles. The van der Waals surface area contributed by atoms with Crippen molar-refractivity contribution >= 4 is 23.8 Å². The van der Waals surface area contributed by atoms with Gasteiger partial charge in [-0.3, -0.25) is 0 Å². The Morgan fingerprint density at radius 1 is 1.21 bits per heavy atom. The van der Waals surface area contributed by atoms with Crippen molar-refractivity contribution in [3.05, 3.63) is 58.5 Å². The first kappa shape index (κ1) is 21.1. The van der Waals surface area contributed by atoms with E-state index in [0.717, 1.165) is 18.5 Å². The number of nitrogens with zero attached hydrogens (tertiary/aromatic N) is 2. The van der Waals surface area contributed by atoms with E-state index in [1.807, 2.05) is 32.9 Å². The highest BCUT2D eigenvalue weighted by Gasteiger charge is 2.24. The number of hydrogen-bond acceptors (Lipinski definition) is 4. The lowest BCUT2D eigenvalue weighted by Gasteiger charge is -2.31. The first-order valence-corrected chi connectivity index (χ1v) is 9.85. The van der Waals surface area contributed by atoms with Gasteiger partial charge in [0.1, 0.15) is 5.60 Å².